The summed E-state index contributed by atoms with van der Waals surface area (Å²) in [6, 6.07) is 12.5. The zero-order chi connectivity index (χ0) is 24.5. The van der Waals surface area contributed by atoms with E-state index in [2.05, 4.69) is 62.9 Å². The lowest BCUT2D eigenvalue weighted by atomic mass is 10.0. The lowest BCUT2D eigenvalue weighted by molar-refractivity contribution is 0.324. The van der Waals surface area contributed by atoms with Gasteiger partial charge in [0, 0.05) is 37.0 Å². The van der Waals surface area contributed by atoms with Crippen molar-refractivity contribution in [3.05, 3.63) is 53.9 Å². The number of ether oxygens (including phenoxy) is 3. The fourth-order valence-corrected chi connectivity index (χ4v) is 4.64. The van der Waals surface area contributed by atoms with E-state index in [1.807, 2.05) is 12.1 Å². The fraction of sp³-hybridized carbons (Fsp3) is 0.346. The number of methoxy groups -OCH3 is 3. The first-order valence-corrected chi connectivity index (χ1v) is 11.7. The molecule has 3 heterocycles. The van der Waals surface area contributed by atoms with Gasteiger partial charge in [-0.3, -0.25) is 4.57 Å². The summed E-state index contributed by atoms with van der Waals surface area (Å²) in [7, 11) is 4.77. The van der Waals surface area contributed by atoms with Gasteiger partial charge >= 0.3 is 0 Å². The van der Waals surface area contributed by atoms with Gasteiger partial charge in [0.1, 0.15) is 6.33 Å². The van der Waals surface area contributed by atoms with E-state index in [9.17, 15) is 0 Å². The Morgan fingerprint density at radius 1 is 0.943 bits per heavy atom. The third-order valence-electron chi connectivity index (χ3n) is 6.32. The summed E-state index contributed by atoms with van der Waals surface area (Å²) >= 11 is 0. The van der Waals surface area contributed by atoms with E-state index in [1.165, 1.54) is 11.1 Å². The molecule has 0 atom stereocenters. The number of hydrogen-bond acceptors (Lipinski definition) is 8. The molecule has 1 aliphatic rings. The molecule has 0 amide bonds. The first-order valence-electron chi connectivity index (χ1n) is 11.7. The van der Waals surface area contributed by atoms with Crippen LogP contribution in [0.3, 0.4) is 0 Å². The average molecular weight is 475 g/mol. The van der Waals surface area contributed by atoms with Crippen molar-refractivity contribution in [1.29, 1.82) is 0 Å². The number of nitrogens with one attached hydrogen (secondary N) is 1. The molecule has 0 unspecified atom stereocenters. The van der Waals surface area contributed by atoms with Crippen LogP contribution in [-0.4, -0.2) is 47.4 Å². The molecule has 1 N–H and O–H groups in total. The summed E-state index contributed by atoms with van der Waals surface area (Å²) in [6.07, 6.45) is 2.55. The lowest BCUT2D eigenvalue weighted by Gasteiger charge is -2.30. The minimum absolute atomic E-state index is 0.177. The van der Waals surface area contributed by atoms with Crippen LogP contribution in [0.15, 0.2) is 42.7 Å². The van der Waals surface area contributed by atoms with Crippen molar-refractivity contribution in [2.45, 2.75) is 32.9 Å². The van der Waals surface area contributed by atoms with Gasteiger partial charge < -0.3 is 24.4 Å². The fourth-order valence-electron chi connectivity index (χ4n) is 4.64. The Morgan fingerprint density at radius 3 is 2.31 bits per heavy atom. The monoisotopic (exact) mass is 474 g/mol. The third-order valence-corrected chi connectivity index (χ3v) is 6.32. The van der Waals surface area contributed by atoms with Gasteiger partial charge in [0.05, 0.1) is 21.3 Å². The maximum Gasteiger partial charge on any atom is 0.208 e. The largest absolute Gasteiger partial charge is 0.493 e. The molecule has 0 bridgehead atoms. The molecule has 2 aromatic carbocycles. The number of rotatable bonds is 7. The highest BCUT2D eigenvalue weighted by Crippen LogP contribution is 2.41. The van der Waals surface area contributed by atoms with Gasteiger partial charge in [-0.15, -0.1) is 0 Å². The van der Waals surface area contributed by atoms with E-state index >= 15 is 0 Å². The molecule has 9 heteroatoms. The zero-order valence-electron chi connectivity index (χ0n) is 20.7. The predicted octanol–water partition coefficient (Wildman–Crippen LogP) is 4.74. The number of aromatic nitrogens is 4. The highest BCUT2D eigenvalue weighted by molar-refractivity contribution is 5.88. The van der Waals surface area contributed by atoms with Crippen LogP contribution in [-0.2, 0) is 13.0 Å². The standard InChI is InChI=1S/C26H30N6O3/c1-16(2)32-25-22(30-26(32)31-11-10-17-8-6-7-9-18(17)14-31)24(27-15-28-25)29-19-12-20(33-3)23(35-5)21(13-19)34-4/h6-9,12-13,15-16H,10-11,14H2,1-5H3,(H,27,28,29). The third kappa shape index (κ3) is 4.07. The lowest BCUT2D eigenvalue weighted by Crippen LogP contribution is -2.32. The average Bonchev–Trinajstić information content (AvgIpc) is 3.29. The molecule has 0 fully saturated rings. The van der Waals surface area contributed by atoms with Crippen LogP contribution in [0.1, 0.15) is 31.0 Å². The summed E-state index contributed by atoms with van der Waals surface area (Å²) in [5, 5.41) is 3.38. The summed E-state index contributed by atoms with van der Waals surface area (Å²) in [5.41, 5.74) is 4.98. The molecule has 1 aliphatic heterocycles. The van der Waals surface area contributed by atoms with Gasteiger partial charge in [0.25, 0.3) is 0 Å². The normalized spacial score (nSPS) is 13.1. The predicted molar refractivity (Wildman–Crippen MR) is 136 cm³/mol. The summed E-state index contributed by atoms with van der Waals surface area (Å²) in [5.74, 6) is 3.16. The van der Waals surface area contributed by atoms with Gasteiger partial charge in [-0.05, 0) is 31.4 Å². The number of fused-ring (bicyclic) bond motifs is 2. The van der Waals surface area contributed by atoms with Crippen molar-refractivity contribution >= 4 is 28.6 Å². The van der Waals surface area contributed by atoms with Crippen LogP contribution in [0.2, 0.25) is 0 Å². The molecule has 182 valence electrons. The molecule has 0 radical (unpaired) electrons. The van der Waals surface area contributed by atoms with E-state index in [-0.39, 0.29) is 6.04 Å². The minimum atomic E-state index is 0.177. The second-order valence-corrected chi connectivity index (χ2v) is 8.75. The first kappa shape index (κ1) is 22.8. The Kier molecular flexibility index (Phi) is 6.07. The van der Waals surface area contributed by atoms with E-state index in [4.69, 9.17) is 19.2 Å². The maximum atomic E-state index is 5.50. The number of nitrogens with zero attached hydrogens (tertiary/aromatic N) is 5. The maximum absolute atomic E-state index is 5.50. The van der Waals surface area contributed by atoms with Crippen molar-refractivity contribution in [2.75, 3.05) is 38.1 Å². The van der Waals surface area contributed by atoms with Gasteiger partial charge in [0.15, 0.2) is 28.5 Å². The molecular weight excluding hydrogens is 444 g/mol. The molecule has 0 spiro atoms. The number of benzene rings is 2. The number of anilines is 3. The van der Waals surface area contributed by atoms with Crippen LogP contribution in [0.5, 0.6) is 17.2 Å². The van der Waals surface area contributed by atoms with Crippen molar-refractivity contribution in [3.8, 4) is 17.2 Å². The van der Waals surface area contributed by atoms with Crippen LogP contribution >= 0.6 is 0 Å². The summed E-state index contributed by atoms with van der Waals surface area (Å²) < 4.78 is 18.6. The van der Waals surface area contributed by atoms with Gasteiger partial charge in [-0.25, -0.2) is 15.0 Å². The second kappa shape index (κ2) is 9.32. The number of imidazole rings is 1. The Morgan fingerprint density at radius 2 is 1.66 bits per heavy atom. The van der Waals surface area contributed by atoms with Crippen molar-refractivity contribution in [3.63, 3.8) is 0 Å². The summed E-state index contributed by atoms with van der Waals surface area (Å²) in [4.78, 5) is 16.5. The summed E-state index contributed by atoms with van der Waals surface area (Å²) in [6.45, 7) is 6.01. The van der Waals surface area contributed by atoms with E-state index < -0.39 is 0 Å². The second-order valence-electron chi connectivity index (χ2n) is 8.75. The SMILES string of the molecule is COc1cc(Nc2ncnc3c2nc(N2CCc4ccccc4C2)n3C(C)C)cc(OC)c1OC. The zero-order valence-corrected chi connectivity index (χ0v) is 20.7. The minimum Gasteiger partial charge on any atom is -0.493 e. The highest BCUT2D eigenvalue weighted by atomic mass is 16.5. The van der Waals surface area contributed by atoms with E-state index in [0.29, 0.717) is 28.6 Å². The van der Waals surface area contributed by atoms with Gasteiger partial charge in [0.2, 0.25) is 11.7 Å². The van der Waals surface area contributed by atoms with Crippen molar-refractivity contribution in [1.82, 2.24) is 19.5 Å². The Labute approximate surface area is 204 Å². The van der Waals surface area contributed by atoms with Crippen LogP contribution in [0.4, 0.5) is 17.5 Å². The topological polar surface area (TPSA) is 86.6 Å². The van der Waals surface area contributed by atoms with Crippen LogP contribution in [0, 0.1) is 0 Å². The first-order chi connectivity index (χ1) is 17.0. The molecule has 2 aromatic heterocycles. The van der Waals surface area contributed by atoms with Crippen LogP contribution in [0.25, 0.3) is 11.2 Å². The molecule has 9 nitrogen and oxygen atoms in total. The molecule has 4 aromatic rings. The molecule has 35 heavy (non-hydrogen) atoms. The molecule has 0 aliphatic carbocycles. The van der Waals surface area contributed by atoms with Crippen molar-refractivity contribution < 1.29 is 14.2 Å². The molecule has 5 rings (SSSR count). The van der Waals surface area contributed by atoms with Gasteiger partial charge in [-0.1, -0.05) is 24.3 Å². The molecule has 0 saturated heterocycles. The Hall–Kier alpha value is -4.01. The van der Waals surface area contributed by atoms with Crippen molar-refractivity contribution in [2.24, 2.45) is 0 Å². The molecule has 0 saturated carbocycles. The molecular formula is C26H30N6O3. The Balaban J connectivity index is 1.57. The van der Waals surface area contributed by atoms with E-state index in [1.54, 1.807) is 27.7 Å². The number of hydrogen-bond donors (Lipinski definition) is 1. The Bertz CT molecular complexity index is 1340. The quantitative estimate of drug-likeness (QED) is 0.411. The van der Waals surface area contributed by atoms with E-state index in [0.717, 1.165) is 36.8 Å². The smallest absolute Gasteiger partial charge is 0.208 e. The van der Waals surface area contributed by atoms with Gasteiger partial charge in [-0.2, -0.15) is 0 Å². The van der Waals surface area contributed by atoms with Crippen LogP contribution < -0.4 is 24.4 Å². The highest BCUT2D eigenvalue weighted by Gasteiger charge is 2.25.